The fourth-order valence-corrected chi connectivity index (χ4v) is 5.78. The van der Waals surface area contributed by atoms with E-state index in [4.69, 9.17) is 16.3 Å². The van der Waals surface area contributed by atoms with Gasteiger partial charge in [-0.05, 0) is 48.4 Å². The van der Waals surface area contributed by atoms with Crippen molar-refractivity contribution in [2.45, 2.75) is 17.7 Å². The molecule has 4 rings (SSSR count). The van der Waals surface area contributed by atoms with Crippen LogP contribution in [-0.2, 0) is 16.4 Å². The summed E-state index contributed by atoms with van der Waals surface area (Å²) in [6, 6.07) is 14.2. The first-order valence-corrected chi connectivity index (χ1v) is 12.5. The number of nitrogens with zero attached hydrogens (tertiary/aromatic N) is 4. The van der Waals surface area contributed by atoms with Crippen LogP contribution in [0.25, 0.3) is 0 Å². The van der Waals surface area contributed by atoms with Crippen LogP contribution in [0.5, 0.6) is 5.75 Å². The van der Waals surface area contributed by atoms with Crippen LogP contribution in [0.4, 0.5) is 5.13 Å². The highest BCUT2D eigenvalue weighted by Gasteiger charge is 2.28. The van der Waals surface area contributed by atoms with Crippen molar-refractivity contribution in [1.82, 2.24) is 13.7 Å². The Labute approximate surface area is 191 Å². The van der Waals surface area contributed by atoms with E-state index in [0.29, 0.717) is 36.8 Å². The summed E-state index contributed by atoms with van der Waals surface area (Å²) in [7, 11) is -1.99. The molecule has 1 saturated heterocycles. The van der Waals surface area contributed by atoms with Crippen molar-refractivity contribution in [2.24, 2.45) is 0 Å². The number of anilines is 1. The minimum Gasteiger partial charge on any atom is -0.497 e. The Morgan fingerprint density at radius 2 is 1.77 bits per heavy atom. The largest absolute Gasteiger partial charge is 0.497 e. The second-order valence-electron chi connectivity index (χ2n) is 7.22. The summed E-state index contributed by atoms with van der Waals surface area (Å²) in [6.07, 6.45) is 1.36. The number of sulfonamides is 1. The van der Waals surface area contributed by atoms with Crippen LogP contribution in [0.3, 0.4) is 0 Å². The van der Waals surface area contributed by atoms with E-state index in [1.807, 2.05) is 24.3 Å². The topological polar surface area (TPSA) is 75.6 Å². The highest BCUT2D eigenvalue weighted by atomic mass is 35.5. The van der Waals surface area contributed by atoms with Gasteiger partial charge in [-0.3, -0.25) is 0 Å². The molecular formula is C21H23ClN4O3S2. The normalized spacial score (nSPS) is 15.6. The summed E-state index contributed by atoms with van der Waals surface area (Å²) in [5.41, 5.74) is 1.10. The molecule has 0 amide bonds. The van der Waals surface area contributed by atoms with E-state index >= 15 is 0 Å². The monoisotopic (exact) mass is 478 g/mol. The molecule has 2 heterocycles. The van der Waals surface area contributed by atoms with E-state index in [1.54, 1.807) is 35.7 Å². The number of halogens is 1. The van der Waals surface area contributed by atoms with E-state index in [9.17, 15) is 8.42 Å². The van der Waals surface area contributed by atoms with E-state index in [0.717, 1.165) is 29.5 Å². The van der Waals surface area contributed by atoms with Crippen LogP contribution < -0.4 is 9.64 Å². The van der Waals surface area contributed by atoms with E-state index in [-0.39, 0.29) is 4.90 Å². The summed E-state index contributed by atoms with van der Waals surface area (Å²) in [6.45, 7) is 2.19. The highest BCUT2D eigenvalue weighted by Crippen LogP contribution is 2.24. The second kappa shape index (κ2) is 9.52. The first kappa shape index (κ1) is 22.0. The van der Waals surface area contributed by atoms with Crippen molar-refractivity contribution in [2.75, 3.05) is 38.2 Å². The Bertz CT molecular complexity index is 1120. The van der Waals surface area contributed by atoms with Crippen LogP contribution in [0.2, 0.25) is 5.02 Å². The lowest BCUT2D eigenvalue weighted by atomic mass is 10.1. The molecule has 0 unspecified atom stereocenters. The van der Waals surface area contributed by atoms with Gasteiger partial charge >= 0.3 is 0 Å². The van der Waals surface area contributed by atoms with Crippen LogP contribution in [0, 0.1) is 0 Å². The molecule has 10 heteroatoms. The Hall–Kier alpha value is -2.20. The number of ether oxygens (including phenoxy) is 1. The zero-order chi connectivity index (χ0) is 21.8. The van der Waals surface area contributed by atoms with E-state index < -0.39 is 10.0 Å². The molecule has 1 aliphatic rings. The molecule has 0 radical (unpaired) electrons. The fraction of sp³-hybridized carbons (Fsp3) is 0.333. The number of rotatable bonds is 6. The van der Waals surface area contributed by atoms with Crippen molar-refractivity contribution >= 4 is 38.3 Å². The molecule has 164 valence electrons. The van der Waals surface area contributed by atoms with Crippen molar-refractivity contribution in [3.05, 3.63) is 64.9 Å². The predicted octanol–water partition coefficient (Wildman–Crippen LogP) is 3.69. The molecule has 0 saturated carbocycles. The number of aromatic nitrogens is 2. The lowest BCUT2D eigenvalue weighted by Gasteiger charge is -2.21. The van der Waals surface area contributed by atoms with E-state index in [1.165, 1.54) is 11.5 Å². The predicted molar refractivity (Wildman–Crippen MR) is 123 cm³/mol. The van der Waals surface area contributed by atoms with Crippen molar-refractivity contribution < 1.29 is 13.2 Å². The van der Waals surface area contributed by atoms with E-state index in [2.05, 4.69) is 14.3 Å². The quantitative estimate of drug-likeness (QED) is 0.537. The molecule has 1 aliphatic heterocycles. The maximum absolute atomic E-state index is 13.0. The van der Waals surface area contributed by atoms with Gasteiger partial charge in [0.25, 0.3) is 0 Å². The van der Waals surface area contributed by atoms with Gasteiger partial charge in [0.05, 0.1) is 12.0 Å². The Balaban J connectivity index is 1.42. The summed E-state index contributed by atoms with van der Waals surface area (Å²) in [5.74, 6) is 1.39. The smallest absolute Gasteiger partial charge is 0.243 e. The van der Waals surface area contributed by atoms with Crippen LogP contribution in [0.15, 0.2) is 53.4 Å². The molecule has 7 nitrogen and oxygen atoms in total. The zero-order valence-electron chi connectivity index (χ0n) is 17.1. The average molecular weight is 479 g/mol. The molecule has 1 fully saturated rings. The van der Waals surface area contributed by atoms with Crippen molar-refractivity contribution in [3.8, 4) is 5.75 Å². The van der Waals surface area contributed by atoms with Gasteiger partial charge in [0.2, 0.25) is 15.2 Å². The van der Waals surface area contributed by atoms with Gasteiger partial charge in [-0.1, -0.05) is 23.7 Å². The van der Waals surface area contributed by atoms with Crippen molar-refractivity contribution in [1.29, 1.82) is 0 Å². The first-order chi connectivity index (χ1) is 15.0. The molecule has 0 bridgehead atoms. The Morgan fingerprint density at radius 1 is 1.03 bits per heavy atom. The maximum Gasteiger partial charge on any atom is 0.243 e. The number of hydrogen-bond donors (Lipinski definition) is 0. The minimum absolute atomic E-state index is 0.280. The number of benzene rings is 2. The molecule has 1 aromatic heterocycles. The molecule has 3 aromatic rings. The Kier molecular flexibility index (Phi) is 6.76. The lowest BCUT2D eigenvalue weighted by molar-refractivity contribution is 0.413. The zero-order valence-corrected chi connectivity index (χ0v) is 19.5. The van der Waals surface area contributed by atoms with Crippen LogP contribution in [-0.4, -0.2) is 55.4 Å². The summed E-state index contributed by atoms with van der Waals surface area (Å²) in [4.78, 5) is 7.07. The molecular weight excluding hydrogens is 456 g/mol. The van der Waals surface area contributed by atoms with Gasteiger partial charge in [-0.15, -0.1) is 0 Å². The van der Waals surface area contributed by atoms with Crippen LogP contribution >= 0.6 is 23.1 Å². The highest BCUT2D eigenvalue weighted by molar-refractivity contribution is 7.89. The molecule has 2 aromatic carbocycles. The van der Waals surface area contributed by atoms with Gasteiger partial charge < -0.3 is 9.64 Å². The molecule has 31 heavy (non-hydrogen) atoms. The van der Waals surface area contributed by atoms with Gasteiger partial charge in [-0.25, -0.2) is 13.4 Å². The standard InChI is InChI=1S/C21H23ClN4O3S2/c1-29-18-7-9-19(10-8-18)31(27,28)26-12-2-11-25(13-14-26)21-23-20(24-30-21)15-16-3-5-17(22)6-4-16/h3-10H,2,11-15H2,1H3. The van der Waals surface area contributed by atoms with Gasteiger partial charge in [0.1, 0.15) is 11.6 Å². The van der Waals surface area contributed by atoms with Crippen molar-refractivity contribution in [3.63, 3.8) is 0 Å². The SMILES string of the molecule is COc1ccc(S(=O)(=O)N2CCCN(c3nc(Cc4ccc(Cl)cc4)ns3)CC2)cc1. The summed E-state index contributed by atoms with van der Waals surface area (Å²) in [5, 5.41) is 1.53. The first-order valence-electron chi connectivity index (χ1n) is 9.92. The molecule has 0 atom stereocenters. The van der Waals surface area contributed by atoms with Gasteiger partial charge in [0.15, 0.2) is 0 Å². The van der Waals surface area contributed by atoms with Gasteiger partial charge in [-0.2, -0.15) is 8.68 Å². The third-order valence-corrected chi connectivity index (χ3v) is 8.14. The van der Waals surface area contributed by atoms with Crippen LogP contribution in [0.1, 0.15) is 17.8 Å². The third-order valence-electron chi connectivity index (χ3n) is 5.16. The maximum atomic E-state index is 13.0. The lowest BCUT2D eigenvalue weighted by Crippen LogP contribution is -2.35. The summed E-state index contributed by atoms with van der Waals surface area (Å²) >= 11 is 7.30. The second-order valence-corrected chi connectivity index (χ2v) is 10.3. The summed E-state index contributed by atoms with van der Waals surface area (Å²) < 4.78 is 37.2. The minimum atomic E-state index is -3.55. The number of methoxy groups -OCH3 is 1. The molecule has 0 N–H and O–H groups in total. The fourth-order valence-electron chi connectivity index (χ4n) is 3.45. The average Bonchev–Trinajstić information content (AvgIpc) is 3.09. The number of hydrogen-bond acceptors (Lipinski definition) is 7. The Morgan fingerprint density at radius 3 is 2.48 bits per heavy atom. The third kappa shape index (κ3) is 5.17. The van der Waals surface area contributed by atoms with Gasteiger partial charge in [0, 0.05) is 49.2 Å². The molecule has 0 spiro atoms. The molecule has 0 aliphatic carbocycles.